The average Bonchev–Trinajstić information content (AvgIpc) is 3.05. The molecule has 2 rings (SSSR count). The number of rotatable bonds is 6. The molecule has 0 radical (unpaired) electrons. The molecule has 2 aromatic rings. The van der Waals surface area contributed by atoms with E-state index in [-0.39, 0.29) is 5.91 Å². The Kier molecular flexibility index (Phi) is 5.24. The van der Waals surface area contributed by atoms with Crippen molar-refractivity contribution in [1.29, 1.82) is 0 Å². The molecule has 2 aromatic heterocycles. The summed E-state index contributed by atoms with van der Waals surface area (Å²) in [7, 11) is 0. The third kappa shape index (κ3) is 3.87. The van der Waals surface area contributed by atoms with Crippen LogP contribution in [0.15, 0.2) is 11.4 Å². The molecule has 0 saturated carbocycles. The lowest BCUT2D eigenvalue weighted by Crippen LogP contribution is -2.39. The van der Waals surface area contributed by atoms with Gasteiger partial charge in [-0.15, -0.1) is 22.9 Å². The third-order valence-electron chi connectivity index (χ3n) is 3.35. The number of hydrogen-bond acceptors (Lipinski definition) is 4. The lowest BCUT2D eigenvalue weighted by molar-refractivity contribution is -0.128. The summed E-state index contributed by atoms with van der Waals surface area (Å²) >= 11 is 7.35. The highest BCUT2D eigenvalue weighted by molar-refractivity contribution is 7.12. The second-order valence-corrected chi connectivity index (χ2v) is 7.09. The summed E-state index contributed by atoms with van der Waals surface area (Å²) in [5.74, 6) is 0.272. The van der Waals surface area contributed by atoms with Gasteiger partial charge in [-0.25, -0.2) is 9.67 Å². The van der Waals surface area contributed by atoms with Gasteiger partial charge in [0, 0.05) is 29.9 Å². The Labute approximate surface area is 139 Å². The zero-order chi connectivity index (χ0) is 16.3. The van der Waals surface area contributed by atoms with Gasteiger partial charge in [-0.1, -0.05) is 0 Å². The van der Waals surface area contributed by atoms with Gasteiger partial charge < -0.3 is 5.32 Å². The van der Waals surface area contributed by atoms with Crippen LogP contribution in [-0.2, 0) is 11.2 Å². The summed E-state index contributed by atoms with van der Waals surface area (Å²) in [6, 6.07) is 2.02. The van der Waals surface area contributed by atoms with E-state index in [9.17, 15) is 4.79 Å². The van der Waals surface area contributed by atoms with E-state index in [1.165, 1.54) is 0 Å². The Morgan fingerprint density at radius 3 is 2.77 bits per heavy atom. The first-order valence-electron chi connectivity index (χ1n) is 7.16. The monoisotopic (exact) mass is 340 g/mol. The number of aryl methyl sites for hydroxylation is 2. The van der Waals surface area contributed by atoms with Gasteiger partial charge in [-0.3, -0.25) is 4.79 Å². The average molecular weight is 341 g/mol. The number of nitrogens with one attached hydrogen (secondary N) is 1. The van der Waals surface area contributed by atoms with E-state index in [0.29, 0.717) is 18.8 Å². The maximum atomic E-state index is 11.9. The first kappa shape index (κ1) is 17.0. The van der Waals surface area contributed by atoms with Crippen LogP contribution >= 0.6 is 22.9 Å². The summed E-state index contributed by atoms with van der Waals surface area (Å²) in [5, 5.41) is 10.2. The first-order valence-corrected chi connectivity index (χ1v) is 8.57. The van der Waals surface area contributed by atoms with Crippen LogP contribution in [0.25, 0.3) is 5.13 Å². The van der Waals surface area contributed by atoms with Gasteiger partial charge in [0.25, 0.3) is 0 Å². The van der Waals surface area contributed by atoms with E-state index in [4.69, 9.17) is 11.6 Å². The van der Waals surface area contributed by atoms with E-state index in [1.807, 2.05) is 43.8 Å². The molecular weight excluding hydrogens is 320 g/mol. The SMILES string of the molecule is Cc1cc(C)n(-c2nc(CCNC(=O)C(C)(C)CCl)cs2)n1. The van der Waals surface area contributed by atoms with Crippen molar-refractivity contribution in [2.75, 3.05) is 12.4 Å². The van der Waals surface area contributed by atoms with E-state index >= 15 is 0 Å². The second kappa shape index (κ2) is 6.79. The molecule has 0 saturated heterocycles. The number of nitrogens with zero attached hydrogens (tertiary/aromatic N) is 3. The molecule has 0 spiro atoms. The minimum atomic E-state index is -0.543. The van der Waals surface area contributed by atoms with Gasteiger partial charge in [0.05, 0.1) is 16.8 Å². The lowest BCUT2D eigenvalue weighted by Gasteiger charge is -2.20. The molecule has 0 aliphatic rings. The predicted molar refractivity (Wildman–Crippen MR) is 89.9 cm³/mol. The van der Waals surface area contributed by atoms with Gasteiger partial charge in [0.1, 0.15) is 0 Å². The topological polar surface area (TPSA) is 59.8 Å². The van der Waals surface area contributed by atoms with Crippen molar-refractivity contribution in [2.45, 2.75) is 34.1 Å². The van der Waals surface area contributed by atoms with E-state index in [2.05, 4.69) is 15.4 Å². The highest BCUT2D eigenvalue weighted by atomic mass is 35.5. The molecule has 22 heavy (non-hydrogen) atoms. The molecule has 5 nitrogen and oxygen atoms in total. The summed E-state index contributed by atoms with van der Waals surface area (Å²) < 4.78 is 1.85. The number of carbonyl (C=O) groups is 1. The normalized spacial score (nSPS) is 11.7. The summed E-state index contributed by atoms with van der Waals surface area (Å²) in [6.45, 7) is 8.19. The van der Waals surface area contributed by atoms with Crippen LogP contribution in [-0.4, -0.2) is 33.1 Å². The van der Waals surface area contributed by atoms with Crippen molar-refractivity contribution in [3.63, 3.8) is 0 Å². The molecule has 0 aliphatic heterocycles. The van der Waals surface area contributed by atoms with Crippen LogP contribution in [0.2, 0.25) is 0 Å². The molecule has 0 atom stereocenters. The van der Waals surface area contributed by atoms with Crippen molar-refractivity contribution in [2.24, 2.45) is 5.41 Å². The van der Waals surface area contributed by atoms with Crippen LogP contribution in [0, 0.1) is 19.3 Å². The maximum Gasteiger partial charge on any atom is 0.226 e. The fourth-order valence-corrected chi connectivity index (χ4v) is 2.92. The Balaban J connectivity index is 1.93. The highest BCUT2D eigenvalue weighted by Crippen LogP contribution is 2.18. The van der Waals surface area contributed by atoms with E-state index in [1.54, 1.807) is 11.3 Å². The Morgan fingerprint density at radius 1 is 1.45 bits per heavy atom. The molecule has 1 amide bonds. The van der Waals surface area contributed by atoms with Crippen molar-refractivity contribution < 1.29 is 4.79 Å². The standard InChI is InChI=1S/C15H21ClN4OS/c1-10-7-11(2)20(19-10)14-18-12(8-22-14)5-6-17-13(21)15(3,4)9-16/h7-8H,5-6,9H2,1-4H3,(H,17,21). The minimum absolute atomic E-state index is 0.0310. The largest absolute Gasteiger partial charge is 0.355 e. The fourth-order valence-electron chi connectivity index (χ4n) is 1.94. The number of carbonyl (C=O) groups excluding carboxylic acids is 1. The summed E-state index contributed by atoms with van der Waals surface area (Å²) in [6.07, 6.45) is 0.694. The first-order chi connectivity index (χ1) is 10.3. The number of halogens is 1. The van der Waals surface area contributed by atoms with Crippen LogP contribution in [0.4, 0.5) is 0 Å². The Morgan fingerprint density at radius 2 is 2.18 bits per heavy atom. The number of alkyl halides is 1. The van der Waals surface area contributed by atoms with Crippen molar-refractivity contribution in [1.82, 2.24) is 20.1 Å². The van der Waals surface area contributed by atoms with Gasteiger partial charge in [0.2, 0.25) is 11.0 Å². The number of aromatic nitrogens is 3. The van der Waals surface area contributed by atoms with Crippen molar-refractivity contribution >= 4 is 28.8 Å². The van der Waals surface area contributed by atoms with E-state index in [0.717, 1.165) is 22.2 Å². The van der Waals surface area contributed by atoms with Gasteiger partial charge in [0.15, 0.2) is 0 Å². The molecule has 0 aliphatic carbocycles. The summed E-state index contributed by atoms with van der Waals surface area (Å²) in [4.78, 5) is 16.5. The van der Waals surface area contributed by atoms with Gasteiger partial charge >= 0.3 is 0 Å². The second-order valence-electron chi connectivity index (χ2n) is 5.98. The lowest BCUT2D eigenvalue weighted by atomic mass is 9.95. The zero-order valence-electron chi connectivity index (χ0n) is 13.3. The quantitative estimate of drug-likeness (QED) is 0.822. The minimum Gasteiger partial charge on any atom is -0.355 e. The molecule has 1 N–H and O–H groups in total. The van der Waals surface area contributed by atoms with Crippen LogP contribution in [0.1, 0.15) is 30.9 Å². The maximum absolute atomic E-state index is 11.9. The van der Waals surface area contributed by atoms with Gasteiger partial charge in [-0.05, 0) is 33.8 Å². The molecule has 7 heteroatoms. The molecule has 0 unspecified atom stereocenters. The number of hydrogen-bond donors (Lipinski definition) is 1. The van der Waals surface area contributed by atoms with Crippen molar-refractivity contribution in [3.05, 3.63) is 28.5 Å². The zero-order valence-corrected chi connectivity index (χ0v) is 14.9. The Hall–Kier alpha value is -1.40. The number of amides is 1. The molecule has 120 valence electrons. The van der Waals surface area contributed by atoms with Crippen LogP contribution in [0.5, 0.6) is 0 Å². The smallest absolute Gasteiger partial charge is 0.226 e. The molecule has 0 bridgehead atoms. The van der Waals surface area contributed by atoms with E-state index < -0.39 is 5.41 Å². The molecule has 2 heterocycles. The van der Waals surface area contributed by atoms with Crippen LogP contribution in [0.3, 0.4) is 0 Å². The fraction of sp³-hybridized carbons (Fsp3) is 0.533. The van der Waals surface area contributed by atoms with Crippen LogP contribution < -0.4 is 5.32 Å². The summed E-state index contributed by atoms with van der Waals surface area (Å²) in [5.41, 5.74) is 2.45. The molecule has 0 aromatic carbocycles. The van der Waals surface area contributed by atoms with Gasteiger partial charge in [-0.2, -0.15) is 5.10 Å². The third-order valence-corrected chi connectivity index (χ3v) is 4.88. The predicted octanol–water partition coefficient (Wildman–Crippen LogP) is 2.87. The highest BCUT2D eigenvalue weighted by Gasteiger charge is 2.25. The Bertz CT molecular complexity index is 662. The van der Waals surface area contributed by atoms with Crippen molar-refractivity contribution in [3.8, 4) is 5.13 Å². The number of thiazole rings is 1. The molecule has 0 fully saturated rings. The molecular formula is C15H21ClN4OS.